The monoisotopic (exact) mass is 578 g/mol. The lowest BCUT2D eigenvalue weighted by Crippen LogP contribution is -2.42. The van der Waals surface area contributed by atoms with Crippen molar-refractivity contribution in [2.24, 2.45) is 5.92 Å². The molecule has 220 valence electrons. The molecule has 0 unspecified atom stereocenters. The fraction of sp³-hybridized carbons (Fsp3) is 0.438. The Balaban J connectivity index is 1.42. The van der Waals surface area contributed by atoms with E-state index >= 15 is 0 Å². The molecule has 1 aliphatic rings. The summed E-state index contributed by atoms with van der Waals surface area (Å²) in [5.41, 5.74) is 2.60. The van der Waals surface area contributed by atoms with E-state index < -0.39 is 8.32 Å². The minimum Gasteiger partial charge on any atom is -0.491 e. The van der Waals surface area contributed by atoms with Gasteiger partial charge in [-0.05, 0) is 67.2 Å². The van der Waals surface area contributed by atoms with Crippen molar-refractivity contribution in [1.29, 1.82) is 0 Å². The summed E-state index contributed by atoms with van der Waals surface area (Å²) >= 11 is 0. The normalized spacial score (nSPS) is 20.6. The van der Waals surface area contributed by atoms with Gasteiger partial charge in [-0.1, -0.05) is 49.4 Å². The number of nitrogens with zero attached hydrogens (tertiary/aromatic N) is 2. The third kappa shape index (κ3) is 7.54. The molecule has 4 atom stereocenters. The molecule has 1 aliphatic heterocycles. The quantitative estimate of drug-likeness (QED) is 0.313. The number of benzene rings is 2. The first-order valence-corrected chi connectivity index (χ1v) is 17.3. The van der Waals surface area contributed by atoms with Gasteiger partial charge in [-0.3, -0.25) is 14.2 Å². The molecule has 0 radical (unpaired) electrons. The molecule has 0 spiro atoms. The number of aryl methyl sites for hydroxylation is 1. The average molecular weight is 579 g/mol. The Labute approximate surface area is 243 Å². The minimum absolute atomic E-state index is 0.0765. The fourth-order valence-corrected chi connectivity index (χ4v) is 8.70. The number of aliphatic hydroxyl groups excluding tert-OH is 1. The van der Waals surface area contributed by atoms with Gasteiger partial charge in [0.05, 0.1) is 32.3 Å². The summed E-state index contributed by atoms with van der Waals surface area (Å²) in [5.74, 6) is 0.323. The Morgan fingerprint density at radius 2 is 1.73 bits per heavy atom. The second kappa shape index (κ2) is 13.6. The highest BCUT2D eigenvalue weighted by Crippen LogP contribution is 2.45. The van der Waals surface area contributed by atoms with Crippen molar-refractivity contribution in [3.05, 3.63) is 94.4 Å². The number of rotatable bonds is 12. The van der Waals surface area contributed by atoms with Crippen LogP contribution in [-0.2, 0) is 22.5 Å². The van der Waals surface area contributed by atoms with Crippen LogP contribution in [-0.4, -0.2) is 66.1 Å². The number of ether oxygens (including phenoxy) is 2. The van der Waals surface area contributed by atoms with Gasteiger partial charge in [0, 0.05) is 30.5 Å². The molecule has 9 heteroatoms. The molecule has 3 aromatic rings. The van der Waals surface area contributed by atoms with Crippen LogP contribution in [0.5, 0.6) is 5.75 Å². The smallest absolute Gasteiger partial charge is 0.297 e. The lowest BCUT2D eigenvalue weighted by atomic mass is 9.95. The fourth-order valence-electron chi connectivity index (χ4n) is 6.09. The van der Waals surface area contributed by atoms with Gasteiger partial charge in [-0.25, -0.2) is 0 Å². The van der Waals surface area contributed by atoms with Crippen molar-refractivity contribution in [3.63, 3.8) is 0 Å². The van der Waals surface area contributed by atoms with Gasteiger partial charge in [0.15, 0.2) is 14.1 Å². The summed E-state index contributed by atoms with van der Waals surface area (Å²) < 4.78 is 13.2. The van der Waals surface area contributed by atoms with E-state index in [1.807, 2.05) is 67.7 Å². The van der Waals surface area contributed by atoms with Gasteiger partial charge in [0.1, 0.15) is 0 Å². The third-order valence-electron chi connectivity index (χ3n) is 8.10. The van der Waals surface area contributed by atoms with Crippen LogP contribution in [0.1, 0.15) is 30.9 Å². The second-order valence-electron chi connectivity index (χ2n) is 11.4. The molecule has 8 nitrogen and oxygen atoms in total. The summed E-state index contributed by atoms with van der Waals surface area (Å²) in [5, 5.41) is 9.61. The van der Waals surface area contributed by atoms with Crippen LogP contribution < -0.4 is 10.3 Å². The lowest BCUT2D eigenvalue weighted by molar-refractivity contribution is -0.135. The summed E-state index contributed by atoms with van der Waals surface area (Å²) in [6.07, 6.45) is 2.98. The van der Waals surface area contributed by atoms with Crippen LogP contribution in [0.2, 0.25) is 18.6 Å². The predicted octanol–water partition coefficient (Wildman–Crippen LogP) is 4.16. The number of carbonyl (C=O) groups excluding carboxylic acids is 1. The molecule has 1 amide bonds. The number of aliphatic hydroxyl groups is 1. The van der Waals surface area contributed by atoms with Gasteiger partial charge < -0.3 is 24.3 Å². The van der Waals surface area contributed by atoms with Gasteiger partial charge in [0.2, 0.25) is 5.91 Å². The zero-order chi connectivity index (χ0) is 29.6. The van der Waals surface area contributed by atoms with Crippen molar-refractivity contribution in [3.8, 4) is 11.4 Å². The summed E-state index contributed by atoms with van der Waals surface area (Å²) in [6.45, 7) is 6.53. The summed E-state index contributed by atoms with van der Waals surface area (Å²) in [7, 11) is -1.16. The van der Waals surface area contributed by atoms with Crippen LogP contribution in [0.4, 0.5) is 0 Å². The van der Waals surface area contributed by atoms with Gasteiger partial charge in [0.25, 0.3) is 5.56 Å². The molecule has 1 saturated heterocycles. The number of amides is 1. The van der Waals surface area contributed by atoms with Gasteiger partial charge >= 0.3 is 0 Å². The summed E-state index contributed by atoms with van der Waals surface area (Å²) in [4.78, 5) is 38.9. The average Bonchev–Trinajstić information content (AvgIpc) is 3.27. The maximum Gasteiger partial charge on any atom is 0.297 e. The Morgan fingerprint density at radius 3 is 2.37 bits per heavy atom. The number of pyridine rings is 1. The third-order valence-corrected chi connectivity index (χ3v) is 10.6. The first-order valence-electron chi connectivity index (χ1n) is 14.3. The van der Waals surface area contributed by atoms with Gasteiger partial charge in [-0.15, -0.1) is 0 Å². The Bertz CT molecular complexity index is 1340. The molecule has 1 fully saturated rings. The maximum atomic E-state index is 13.4. The van der Waals surface area contributed by atoms with E-state index in [1.165, 1.54) is 7.11 Å². The Morgan fingerprint density at radius 1 is 1.02 bits per heavy atom. The molecule has 0 bridgehead atoms. The SMILES string of the molecule is COc1cccn(-c2ccc(CC[C@H]3O[C@@H](CC(=O)N(CCO)Cc4ccccc4)[C@H]([Si](C)(C)O)[C@H]3C)cc2)c1=O. The highest BCUT2D eigenvalue weighted by molar-refractivity contribution is 6.71. The van der Waals surface area contributed by atoms with Crippen molar-refractivity contribution in [1.82, 2.24) is 9.47 Å². The molecule has 2 aromatic carbocycles. The maximum absolute atomic E-state index is 13.4. The highest BCUT2D eigenvalue weighted by atomic mass is 28.4. The highest BCUT2D eigenvalue weighted by Gasteiger charge is 2.50. The molecule has 41 heavy (non-hydrogen) atoms. The molecule has 2 heterocycles. The molecule has 0 saturated carbocycles. The van der Waals surface area contributed by atoms with E-state index in [2.05, 4.69) is 6.92 Å². The number of hydrogen-bond acceptors (Lipinski definition) is 6. The number of methoxy groups -OCH3 is 1. The van der Waals surface area contributed by atoms with Crippen molar-refractivity contribution >= 4 is 14.2 Å². The van der Waals surface area contributed by atoms with Crippen LogP contribution in [0.15, 0.2) is 77.7 Å². The summed E-state index contributed by atoms with van der Waals surface area (Å²) in [6, 6.07) is 21.0. The van der Waals surface area contributed by atoms with E-state index in [-0.39, 0.29) is 54.7 Å². The Kier molecular flexibility index (Phi) is 10.2. The number of carbonyl (C=O) groups is 1. The minimum atomic E-state index is -2.64. The lowest BCUT2D eigenvalue weighted by Gasteiger charge is -2.31. The van der Waals surface area contributed by atoms with Crippen LogP contribution in [0.25, 0.3) is 5.69 Å². The van der Waals surface area contributed by atoms with Crippen LogP contribution in [0.3, 0.4) is 0 Å². The standard InChI is InChI=1S/C32H42N2O6Si/c1-23-27(17-14-24-12-15-26(16-13-24)34-18-8-11-28(39-2)32(34)37)40-29(31(23)41(3,4)38)21-30(36)33(19-20-35)22-25-9-6-5-7-10-25/h5-13,15-16,18,23,27,29,31,35,38H,14,17,19-22H2,1-4H3/t23-,27+,29-,31+/m0/s1. The molecule has 2 N–H and O–H groups in total. The van der Waals surface area contributed by atoms with E-state index in [1.54, 1.807) is 27.8 Å². The van der Waals surface area contributed by atoms with Crippen molar-refractivity contribution < 1.29 is 24.2 Å². The topological polar surface area (TPSA) is 101 Å². The number of hydrogen-bond donors (Lipinski definition) is 2. The van der Waals surface area contributed by atoms with Gasteiger partial charge in [-0.2, -0.15) is 0 Å². The van der Waals surface area contributed by atoms with E-state index in [0.29, 0.717) is 12.3 Å². The van der Waals surface area contributed by atoms with E-state index in [9.17, 15) is 19.5 Å². The molecule has 1 aromatic heterocycles. The van der Waals surface area contributed by atoms with Crippen LogP contribution >= 0.6 is 0 Å². The molecule has 0 aliphatic carbocycles. The zero-order valence-electron chi connectivity index (χ0n) is 24.4. The first kappa shape index (κ1) is 30.7. The van der Waals surface area contributed by atoms with Crippen LogP contribution in [0, 0.1) is 5.92 Å². The largest absolute Gasteiger partial charge is 0.491 e. The first-order chi connectivity index (χ1) is 19.6. The van der Waals surface area contributed by atoms with E-state index in [4.69, 9.17) is 9.47 Å². The van der Waals surface area contributed by atoms with E-state index in [0.717, 1.165) is 29.7 Å². The molecular formula is C32H42N2O6Si. The zero-order valence-corrected chi connectivity index (χ0v) is 25.4. The van der Waals surface area contributed by atoms with Crippen molar-refractivity contribution in [2.45, 2.75) is 63.6 Å². The molecular weight excluding hydrogens is 536 g/mol. The predicted molar refractivity (Wildman–Crippen MR) is 162 cm³/mol. The Hall–Kier alpha value is -3.24. The second-order valence-corrected chi connectivity index (χ2v) is 15.4. The molecule has 4 rings (SSSR count). The number of aromatic nitrogens is 1. The van der Waals surface area contributed by atoms with Crippen molar-refractivity contribution in [2.75, 3.05) is 20.3 Å².